The second kappa shape index (κ2) is 7.75. The van der Waals surface area contributed by atoms with Crippen molar-refractivity contribution >= 4 is 12.0 Å². The van der Waals surface area contributed by atoms with Crippen molar-refractivity contribution in [1.82, 2.24) is 9.66 Å². The van der Waals surface area contributed by atoms with Crippen LogP contribution in [-0.4, -0.2) is 40.4 Å². The lowest BCUT2D eigenvalue weighted by Gasteiger charge is -2.00. The monoisotopic (exact) mass is 370 g/mol. The minimum atomic E-state index is -0.744. The van der Waals surface area contributed by atoms with Gasteiger partial charge in [0.15, 0.2) is 5.78 Å². The van der Waals surface area contributed by atoms with E-state index in [1.807, 2.05) is 24.3 Å². The van der Waals surface area contributed by atoms with Gasteiger partial charge in [0.25, 0.3) is 0 Å². The van der Waals surface area contributed by atoms with Crippen molar-refractivity contribution in [2.45, 2.75) is 6.42 Å². The van der Waals surface area contributed by atoms with Gasteiger partial charge in [-0.2, -0.15) is 5.10 Å². The molecule has 0 amide bonds. The summed E-state index contributed by atoms with van der Waals surface area (Å²) in [5.41, 5.74) is 5.19. The summed E-state index contributed by atoms with van der Waals surface area (Å²) >= 11 is 0. The number of rotatable bonds is 7. The first-order valence-corrected chi connectivity index (χ1v) is 8.09. The van der Waals surface area contributed by atoms with Gasteiger partial charge in [0, 0.05) is 12.0 Å². The van der Waals surface area contributed by atoms with Crippen LogP contribution in [0.5, 0.6) is 11.6 Å². The number of carbonyl (C=O) groups is 1. The molecule has 0 aliphatic rings. The molecule has 3 aromatic rings. The van der Waals surface area contributed by atoms with Crippen LogP contribution in [0.2, 0.25) is 0 Å². The van der Waals surface area contributed by atoms with E-state index in [0.29, 0.717) is 16.2 Å². The lowest BCUT2D eigenvalue weighted by molar-refractivity contribution is 0.0978. The highest BCUT2D eigenvalue weighted by Crippen LogP contribution is 2.24. The van der Waals surface area contributed by atoms with E-state index in [-0.39, 0.29) is 18.7 Å². The maximum Gasteiger partial charge on any atom is 0.350 e. The topological polar surface area (TPSA) is 136 Å². The number of aromatic nitrogens is 2. The SMILES string of the molecule is COc1ccc(-c2ccc(C=Nn3c(O)c(C(=O)CCN)[nH]c3=O)o2)cc1. The van der Waals surface area contributed by atoms with E-state index < -0.39 is 17.4 Å². The number of carbonyl (C=O) groups excluding carboxylic acids is 1. The molecule has 0 radical (unpaired) electrons. The molecule has 0 bridgehead atoms. The molecular formula is C18H18N4O5. The van der Waals surface area contributed by atoms with E-state index in [4.69, 9.17) is 14.9 Å². The first-order chi connectivity index (χ1) is 13.0. The van der Waals surface area contributed by atoms with Crippen molar-refractivity contribution in [2.75, 3.05) is 13.7 Å². The minimum absolute atomic E-state index is 0.000628. The van der Waals surface area contributed by atoms with E-state index in [9.17, 15) is 14.7 Å². The van der Waals surface area contributed by atoms with Crippen LogP contribution in [0.1, 0.15) is 22.7 Å². The zero-order chi connectivity index (χ0) is 19.4. The molecule has 0 spiro atoms. The van der Waals surface area contributed by atoms with E-state index >= 15 is 0 Å². The number of H-pyrrole nitrogens is 1. The van der Waals surface area contributed by atoms with Crippen LogP contribution in [0.25, 0.3) is 11.3 Å². The molecule has 0 saturated carbocycles. The summed E-state index contributed by atoms with van der Waals surface area (Å²) in [7, 11) is 1.59. The number of aromatic amines is 1. The molecule has 0 aliphatic carbocycles. The van der Waals surface area contributed by atoms with Crippen LogP contribution in [-0.2, 0) is 0 Å². The number of nitrogens with one attached hydrogen (secondary N) is 1. The molecule has 27 heavy (non-hydrogen) atoms. The van der Waals surface area contributed by atoms with Crippen LogP contribution in [0.3, 0.4) is 0 Å². The fourth-order valence-corrected chi connectivity index (χ4v) is 2.42. The van der Waals surface area contributed by atoms with Gasteiger partial charge in [0.2, 0.25) is 5.88 Å². The number of ether oxygens (including phenoxy) is 1. The quantitative estimate of drug-likeness (QED) is 0.426. The van der Waals surface area contributed by atoms with Gasteiger partial charge >= 0.3 is 5.69 Å². The third-order valence-electron chi connectivity index (χ3n) is 3.80. The Balaban J connectivity index is 1.82. The van der Waals surface area contributed by atoms with Gasteiger partial charge in [0.05, 0.1) is 13.3 Å². The highest BCUT2D eigenvalue weighted by atomic mass is 16.5. The van der Waals surface area contributed by atoms with E-state index in [1.165, 1.54) is 6.21 Å². The standard InChI is InChI=1S/C18H18N4O5/c1-26-12-4-2-11(3-5-12)15-7-6-13(27-15)10-20-22-17(24)16(21-18(22)25)14(23)8-9-19/h2-7,10,24H,8-9,19H2,1H3,(H,21,25). The molecule has 140 valence electrons. The lowest BCUT2D eigenvalue weighted by atomic mass is 10.2. The third-order valence-corrected chi connectivity index (χ3v) is 3.80. The molecule has 9 nitrogen and oxygen atoms in total. The normalized spacial score (nSPS) is 11.2. The summed E-state index contributed by atoms with van der Waals surface area (Å²) in [5, 5.41) is 13.9. The summed E-state index contributed by atoms with van der Waals surface area (Å²) in [4.78, 5) is 26.0. The van der Waals surface area contributed by atoms with Crippen molar-refractivity contribution < 1.29 is 19.1 Å². The van der Waals surface area contributed by atoms with Crippen molar-refractivity contribution in [3.63, 3.8) is 0 Å². The van der Waals surface area contributed by atoms with Gasteiger partial charge < -0.3 is 20.0 Å². The Morgan fingerprint density at radius 1 is 1.33 bits per heavy atom. The largest absolute Gasteiger partial charge is 0.497 e. The Labute approximate surface area is 153 Å². The summed E-state index contributed by atoms with van der Waals surface area (Å²) in [5.74, 6) is 0.651. The number of nitrogens with zero attached hydrogens (tertiary/aromatic N) is 2. The van der Waals surface area contributed by atoms with Crippen molar-refractivity contribution in [3.8, 4) is 23.0 Å². The number of nitrogens with two attached hydrogens (primary N) is 1. The number of imidazole rings is 1. The highest BCUT2D eigenvalue weighted by molar-refractivity contribution is 5.96. The summed E-state index contributed by atoms with van der Waals surface area (Å²) in [6.07, 6.45) is 1.26. The number of hydrogen-bond donors (Lipinski definition) is 3. The number of Topliss-reactive ketones (excluding diaryl/α,β-unsaturated/α-hetero) is 1. The van der Waals surface area contributed by atoms with Gasteiger partial charge in [-0.3, -0.25) is 9.78 Å². The van der Waals surface area contributed by atoms with Crippen LogP contribution in [0.15, 0.2) is 50.7 Å². The van der Waals surface area contributed by atoms with Gasteiger partial charge in [-0.15, -0.1) is 4.68 Å². The molecule has 9 heteroatoms. The van der Waals surface area contributed by atoms with Gasteiger partial charge in [-0.1, -0.05) is 0 Å². The van der Waals surface area contributed by atoms with Crippen LogP contribution >= 0.6 is 0 Å². The molecule has 3 rings (SSSR count). The Bertz CT molecular complexity index is 1030. The van der Waals surface area contributed by atoms with E-state index in [1.54, 1.807) is 19.2 Å². The first-order valence-electron chi connectivity index (χ1n) is 8.09. The van der Waals surface area contributed by atoms with Gasteiger partial charge in [0.1, 0.15) is 23.0 Å². The molecule has 0 unspecified atom stereocenters. The second-order valence-electron chi connectivity index (χ2n) is 5.58. The molecule has 2 aromatic heterocycles. The molecule has 0 saturated heterocycles. The molecule has 0 aliphatic heterocycles. The number of furan rings is 1. The summed E-state index contributed by atoms with van der Waals surface area (Å²) in [6, 6.07) is 10.7. The third kappa shape index (κ3) is 3.82. The van der Waals surface area contributed by atoms with Crippen molar-refractivity contribution in [1.29, 1.82) is 0 Å². The average Bonchev–Trinajstić information content (AvgIpc) is 3.25. The fourth-order valence-electron chi connectivity index (χ4n) is 2.42. The molecule has 0 atom stereocenters. The predicted molar refractivity (Wildman–Crippen MR) is 98.4 cm³/mol. The molecule has 2 heterocycles. The van der Waals surface area contributed by atoms with Crippen LogP contribution in [0, 0.1) is 0 Å². The average molecular weight is 370 g/mol. The summed E-state index contributed by atoms with van der Waals surface area (Å²) < 4.78 is 11.4. The minimum Gasteiger partial charge on any atom is -0.497 e. The molecule has 1 aromatic carbocycles. The molecule has 0 fully saturated rings. The summed E-state index contributed by atoms with van der Waals surface area (Å²) in [6.45, 7) is 0.106. The number of aromatic hydroxyl groups is 1. The van der Waals surface area contributed by atoms with Gasteiger partial charge in [-0.25, -0.2) is 4.79 Å². The van der Waals surface area contributed by atoms with Crippen molar-refractivity contribution in [2.24, 2.45) is 10.8 Å². The zero-order valence-corrected chi connectivity index (χ0v) is 14.5. The Kier molecular flexibility index (Phi) is 5.23. The lowest BCUT2D eigenvalue weighted by Crippen LogP contribution is -2.13. The fraction of sp³-hybridized carbons (Fsp3) is 0.167. The number of ketones is 1. The molecular weight excluding hydrogens is 352 g/mol. The maximum atomic E-state index is 11.9. The van der Waals surface area contributed by atoms with Crippen LogP contribution in [0.4, 0.5) is 0 Å². The van der Waals surface area contributed by atoms with Crippen LogP contribution < -0.4 is 16.2 Å². The Hall–Kier alpha value is -3.59. The van der Waals surface area contributed by atoms with E-state index in [0.717, 1.165) is 11.3 Å². The number of hydrogen-bond acceptors (Lipinski definition) is 7. The number of benzene rings is 1. The Morgan fingerprint density at radius 3 is 2.74 bits per heavy atom. The predicted octanol–water partition coefficient (Wildman–Crippen LogP) is 1.56. The second-order valence-corrected chi connectivity index (χ2v) is 5.58. The smallest absolute Gasteiger partial charge is 0.350 e. The Morgan fingerprint density at radius 2 is 2.07 bits per heavy atom. The first kappa shape index (κ1) is 18.2. The zero-order valence-electron chi connectivity index (χ0n) is 14.5. The van der Waals surface area contributed by atoms with E-state index in [2.05, 4.69) is 10.1 Å². The molecule has 4 N–H and O–H groups in total. The van der Waals surface area contributed by atoms with Crippen molar-refractivity contribution in [3.05, 3.63) is 58.3 Å². The number of methoxy groups -OCH3 is 1. The maximum absolute atomic E-state index is 11.9. The van der Waals surface area contributed by atoms with Gasteiger partial charge in [-0.05, 0) is 42.9 Å². The highest BCUT2D eigenvalue weighted by Gasteiger charge is 2.18.